The van der Waals surface area contributed by atoms with Crippen molar-refractivity contribution in [2.24, 2.45) is 0 Å². The molecule has 1 aliphatic rings. The molecule has 0 spiro atoms. The van der Waals surface area contributed by atoms with E-state index in [1.54, 1.807) is 7.11 Å². The average Bonchev–Trinajstić information content (AvgIpc) is 2.51. The zero-order chi connectivity index (χ0) is 15.9. The Labute approximate surface area is 130 Å². The highest BCUT2D eigenvalue weighted by Gasteiger charge is 2.17. The number of methoxy groups -OCH3 is 1. The van der Waals surface area contributed by atoms with Gasteiger partial charge in [0.1, 0.15) is 6.61 Å². The van der Waals surface area contributed by atoms with Crippen molar-refractivity contribution in [3.63, 3.8) is 0 Å². The number of nitrogens with one attached hydrogen (secondary N) is 2. The molecule has 0 fully saturated rings. The number of amides is 2. The SMILES string of the molecule is COCCOCC(=O)NC(C)c1ccc2c(c1)CCC(=O)N2. The molecule has 2 rings (SSSR count). The summed E-state index contributed by atoms with van der Waals surface area (Å²) in [5.74, 6) is -0.107. The van der Waals surface area contributed by atoms with E-state index in [1.807, 2.05) is 25.1 Å². The lowest BCUT2D eigenvalue weighted by Crippen LogP contribution is -2.30. The van der Waals surface area contributed by atoms with Crippen LogP contribution in [0, 0.1) is 0 Å². The summed E-state index contributed by atoms with van der Waals surface area (Å²) in [5.41, 5.74) is 2.98. The molecule has 0 bridgehead atoms. The summed E-state index contributed by atoms with van der Waals surface area (Å²) in [4.78, 5) is 23.1. The summed E-state index contributed by atoms with van der Waals surface area (Å²) in [7, 11) is 1.59. The molecule has 0 saturated carbocycles. The summed E-state index contributed by atoms with van der Waals surface area (Å²) in [6, 6.07) is 5.73. The largest absolute Gasteiger partial charge is 0.382 e. The van der Waals surface area contributed by atoms with Crippen molar-refractivity contribution in [1.29, 1.82) is 0 Å². The average molecular weight is 306 g/mol. The van der Waals surface area contributed by atoms with E-state index >= 15 is 0 Å². The smallest absolute Gasteiger partial charge is 0.246 e. The van der Waals surface area contributed by atoms with Crippen molar-refractivity contribution in [2.75, 3.05) is 32.2 Å². The van der Waals surface area contributed by atoms with Gasteiger partial charge in [-0.1, -0.05) is 12.1 Å². The van der Waals surface area contributed by atoms with Crippen LogP contribution >= 0.6 is 0 Å². The molecule has 1 unspecified atom stereocenters. The van der Waals surface area contributed by atoms with Crippen LogP contribution in [0.3, 0.4) is 0 Å². The Morgan fingerprint density at radius 1 is 1.36 bits per heavy atom. The third-order valence-corrected chi connectivity index (χ3v) is 3.57. The summed E-state index contributed by atoms with van der Waals surface area (Å²) in [6.07, 6.45) is 1.24. The number of benzene rings is 1. The topological polar surface area (TPSA) is 76.7 Å². The third-order valence-electron chi connectivity index (χ3n) is 3.57. The summed E-state index contributed by atoms with van der Waals surface area (Å²) < 4.78 is 10.0. The summed E-state index contributed by atoms with van der Waals surface area (Å²) in [6.45, 7) is 2.82. The zero-order valence-corrected chi connectivity index (χ0v) is 13.0. The first-order chi connectivity index (χ1) is 10.6. The number of anilines is 1. The Hall–Kier alpha value is -1.92. The third kappa shape index (κ3) is 4.54. The molecule has 0 radical (unpaired) electrons. The molecular formula is C16H22N2O4. The maximum Gasteiger partial charge on any atom is 0.246 e. The lowest BCUT2D eigenvalue weighted by Gasteiger charge is -2.20. The summed E-state index contributed by atoms with van der Waals surface area (Å²) >= 11 is 0. The molecule has 6 nitrogen and oxygen atoms in total. The maximum atomic E-state index is 11.8. The van der Waals surface area contributed by atoms with E-state index < -0.39 is 0 Å². The van der Waals surface area contributed by atoms with Gasteiger partial charge in [0.2, 0.25) is 11.8 Å². The number of carbonyl (C=O) groups is 2. The first-order valence-corrected chi connectivity index (χ1v) is 7.39. The molecule has 2 N–H and O–H groups in total. The molecule has 1 aromatic rings. The quantitative estimate of drug-likeness (QED) is 0.747. The van der Waals surface area contributed by atoms with Crippen LogP contribution in [-0.4, -0.2) is 38.7 Å². The van der Waals surface area contributed by atoms with Gasteiger partial charge in [0, 0.05) is 19.2 Å². The number of carbonyl (C=O) groups excluding carboxylic acids is 2. The maximum absolute atomic E-state index is 11.8. The number of aryl methyl sites for hydroxylation is 1. The van der Waals surface area contributed by atoms with E-state index in [0.717, 1.165) is 23.2 Å². The highest BCUT2D eigenvalue weighted by Crippen LogP contribution is 2.26. The molecule has 0 aliphatic carbocycles. The fraction of sp³-hybridized carbons (Fsp3) is 0.500. The zero-order valence-electron chi connectivity index (χ0n) is 13.0. The minimum absolute atomic E-state index is 0.0225. The van der Waals surface area contributed by atoms with Gasteiger partial charge in [-0.15, -0.1) is 0 Å². The predicted octanol–water partition coefficient (Wildman–Crippen LogP) is 1.41. The van der Waals surface area contributed by atoms with E-state index in [4.69, 9.17) is 9.47 Å². The van der Waals surface area contributed by atoms with Gasteiger partial charge >= 0.3 is 0 Å². The number of fused-ring (bicyclic) bond motifs is 1. The fourth-order valence-corrected chi connectivity index (χ4v) is 2.35. The van der Waals surface area contributed by atoms with Crippen LogP contribution in [-0.2, 0) is 25.5 Å². The Morgan fingerprint density at radius 2 is 2.18 bits per heavy atom. The molecule has 2 amide bonds. The number of hydrogen-bond donors (Lipinski definition) is 2. The second-order valence-electron chi connectivity index (χ2n) is 5.30. The highest BCUT2D eigenvalue weighted by atomic mass is 16.5. The number of ether oxygens (including phenoxy) is 2. The Morgan fingerprint density at radius 3 is 2.95 bits per heavy atom. The first-order valence-electron chi connectivity index (χ1n) is 7.39. The van der Waals surface area contributed by atoms with Crippen molar-refractivity contribution < 1.29 is 19.1 Å². The van der Waals surface area contributed by atoms with Gasteiger partial charge in [0.05, 0.1) is 19.3 Å². The van der Waals surface area contributed by atoms with E-state index in [-0.39, 0.29) is 24.5 Å². The molecular weight excluding hydrogens is 284 g/mol. The second kappa shape index (κ2) is 7.91. The molecule has 22 heavy (non-hydrogen) atoms. The van der Waals surface area contributed by atoms with Gasteiger partial charge in [-0.2, -0.15) is 0 Å². The van der Waals surface area contributed by atoms with Gasteiger partial charge in [-0.05, 0) is 30.5 Å². The van der Waals surface area contributed by atoms with Crippen LogP contribution in [0.4, 0.5) is 5.69 Å². The normalized spacial score (nSPS) is 14.9. The van der Waals surface area contributed by atoms with Gasteiger partial charge in [0.15, 0.2) is 0 Å². The summed E-state index contributed by atoms with van der Waals surface area (Å²) in [5, 5.41) is 5.75. The molecule has 0 aromatic heterocycles. The van der Waals surface area contributed by atoms with Crippen molar-refractivity contribution in [3.05, 3.63) is 29.3 Å². The molecule has 6 heteroatoms. The minimum atomic E-state index is -0.158. The minimum Gasteiger partial charge on any atom is -0.382 e. The van der Waals surface area contributed by atoms with E-state index in [0.29, 0.717) is 19.6 Å². The highest BCUT2D eigenvalue weighted by molar-refractivity contribution is 5.93. The van der Waals surface area contributed by atoms with Crippen LogP contribution in [0.25, 0.3) is 0 Å². The van der Waals surface area contributed by atoms with E-state index in [1.165, 1.54) is 0 Å². The monoisotopic (exact) mass is 306 g/mol. The number of rotatable bonds is 7. The molecule has 0 saturated heterocycles. The fourth-order valence-electron chi connectivity index (χ4n) is 2.35. The van der Waals surface area contributed by atoms with Crippen molar-refractivity contribution in [3.8, 4) is 0 Å². The lowest BCUT2D eigenvalue weighted by molar-refractivity contribution is -0.126. The first kappa shape index (κ1) is 16.5. The predicted molar refractivity (Wildman–Crippen MR) is 82.6 cm³/mol. The van der Waals surface area contributed by atoms with Crippen molar-refractivity contribution in [2.45, 2.75) is 25.8 Å². The van der Waals surface area contributed by atoms with Crippen molar-refractivity contribution >= 4 is 17.5 Å². The Balaban J connectivity index is 1.88. The van der Waals surface area contributed by atoms with Crippen LogP contribution in [0.5, 0.6) is 0 Å². The second-order valence-corrected chi connectivity index (χ2v) is 5.30. The van der Waals surface area contributed by atoms with Crippen LogP contribution in [0.2, 0.25) is 0 Å². The van der Waals surface area contributed by atoms with Crippen LogP contribution < -0.4 is 10.6 Å². The molecule has 1 atom stereocenters. The van der Waals surface area contributed by atoms with Gasteiger partial charge in [-0.3, -0.25) is 9.59 Å². The molecule has 120 valence electrons. The Bertz CT molecular complexity index is 545. The van der Waals surface area contributed by atoms with Crippen LogP contribution in [0.15, 0.2) is 18.2 Å². The van der Waals surface area contributed by atoms with Crippen molar-refractivity contribution in [1.82, 2.24) is 5.32 Å². The Kier molecular flexibility index (Phi) is 5.91. The number of hydrogen-bond acceptors (Lipinski definition) is 4. The van der Waals surface area contributed by atoms with E-state index in [2.05, 4.69) is 10.6 Å². The molecule has 1 heterocycles. The van der Waals surface area contributed by atoms with Gasteiger partial charge < -0.3 is 20.1 Å². The van der Waals surface area contributed by atoms with Gasteiger partial charge in [0.25, 0.3) is 0 Å². The molecule has 1 aromatic carbocycles. The van der Waals surface area contributed by atoms with Crippen LogP contribution in [0.1, 0.15) is 30.5 Å². The van der Waals surface area contributed by atoms with E-state index in [9.17, 15) is 9.59 Å². The van der Waals surface area contributed by atoms with Gasteiger partial charge in [-0.25, -0.2) is 0 Å². The lowest BCUT2D eigenvalue weighted by atomic mass is 9.98. The standard InChI is InChI=1S/C16H22N2O4/c1-11(17-16(20)10-22-8-7-21-2)12-3-5-14-13(9-12)4-6-15(19)18-14/h3,5,9,11H,4,6-8,10H2,1-2H3,(H,17,20)(H,18,19). The molecule has 1 aliphatic heterocycles.